The van der Waals surface area contributed by atoms with Crippen LogP contribution >= 0.6 is 10.7 Å². The van der Waals surface area contributed by atoms with Crippen LogP contribution in [0.1, 0.15) is 19.2 Å². The van der Waals surface area contributed by atoms with Gasteiger partial charge in [-0.2, -0.15) is 0 Å². The molecule has 0 bridgehead atoms. The van der Waals surface area contributed by atoms with E-state index in [-0.39, 0.29) is 11.3 Å². The smallest absolute Gasteiger partial charge is 0.296 e. The van der Waals surface area contributed by atoms with Gasteiger partial charge in [-0.05, 0) is 13.3 Å². The third-order valence-electron chi connectivity index (χ3n) is 2.32. The van der Waals surface area contributed by atoms with E-state index in [0.717, 1.165) is 6.42 Å². The van der Waals surface area contributed by atoms with E-state index in [1.165, 1.54) is 4.57 Å². The van der Waals surface area contributed by atoms with E-state index in [2.05, 4.69) is 10.2 Å². The zero-order chi connectivity index (χ0) is 12.3. The van der Waals surface area contributed by atoms with Crippen molar-refractivity contribution in [1.29, 1.82) is 0 Å². The number of methoxy groups -OCH3 is 1. The maximum Gasteiger partial charge on any atom is 0.296 e. The molecule has 0 aliphatic rings. The Balaban J connectivity index is 2.81. The fourth-order valence-electron chi connectivity index (χ4n) is 1.23. The number of ether oxygens (including phenoxy) is 1. The summed E-state index contributed by atoms with van der Waals surface area (Å²) in [7, 11) is 4.56. The lowest BCUT2D eigenvalue weighted by Gasteiger charge is -2.08. The van der Waals surface area contributed by atoms with Gasteiger partial charge < -0.3 is 9.30 Å². The lowest BCUT2D eigenvalue weighted by atomic mass is 10.2. The predicted molar refractivity (Wildman–Crippen MR) is 58.8 cm³/mol. The summed E-state index contributed by atoms with van der Waals surface area (Å²) in [6.07, 6.45) is 1.42. The van der Waals surface area contributed by atoms with Crippen molar-refractivity contribution in [3.05, 3.63) is 5.82 Å². The first kappa shape index (κ1) is 13.4. The van der Waals surface area contributed by atoms with Gasteiger partial charge in [-0.1, -0.05) is 0 Å². The molecule has 0 amide bonds. The molecule has 0 aliphatic carbocycles. The van der Waals surface area contributed by atoms with E-state index in [1.54, 1.807) is 14.2 Å². The Hall–Kier alpha value is -0.660. The average Bonchev–Trinajstić information content (AvgIpc) is 2.55. The molecule has 0 spiro atoms. The van der Waals surface area contributed by atoms with Gasteiger partial charge in [-0.3, -0.25) is 0 Å². The van der Waals surface area contributed by atoms with Crippen molar-refractivity contribution in [3.63, 3.8) is 0 Å². The van der Waals surface area contributed by atoms with E-state index < -0.39 is 9.05 Å². The first-order valence-electron chi connectivity index (χ1n) is 4.72. The van der Waals surface area contributed by atoms with Crippen molar-refractivity contribution in [2.24, 2.45) is 7.05 Å². The van der Waals surface area contributed by atoms with Crippen LogP contribution in [0.5, 0.6) is 0 Å². The van der Waals surface area contributed by atoms with Crippen molar-refractivity contribution in [1.82, 2.24) is 14.8 Å². The fraction of sp³-hybridized carbons (Fsp3) is 0.750. The van der Waals surface area contributed by atoms with Crippen LogP contribution in [-0.2, 0) is 27.3 Å². The van der Waals surface area contributed by atoms with E-state index in [9.17, 15) is 8.42 Å². The van der Waals surface area contributed by atoms with Crippen LogP contribution in [0.25, 0.3) is 0 Å². The molecule has 0 saturated carbocycles. The van der Waals surface area contributed by atoms with Crippen LogP contribution in [0, 0.1) is 0 Å². The number of aromatic nitrogens is 3. The van der Waals surface area contributed by atoms with E-state index >= 15 is 0 Å². The van der Waals surface area contributed by atoms with Crippen molar-refractivity contribution in [3.8, 4) is 0 Å². The summed E-state index contributed by atoms with van der Waals surface area (Å²) in [5.74, 6) is 0.572. The number of hydrogen-bond acceptors (Lipinski definition) is 5. The van der Waals surface area contributed by atoms with Crippen LogP contribution in [0.15, 0.2) is 5.16 Å². The van der Waals surface area contributed by atoms with Gasteiger partial charge in [0.25, 0.3) is 14.2 Å². The van der Waals surface area contributed by atoms with Crippen molar-refractivity contribution >= 4 is 19.7 Å². The molecule has 1 aromatic rings. The van der Waals surface area contributed by atoms with Crippen molar-refractivity contribution in [2.45, 2.75) is 31.0 Å². The number of rotatable bonds is 5. The Labute approximate surface area is 99.0 Å². The molecule has 92 valence electrons. The number of halogens is 1. The molecular formula is C8H14ClN3O3S. The number of hydrogen-bond donors (Lipinski definition) is 0. The molecule has 0 aliphatic heterocycles. The lowest BCUT2D eigenvalue weighted by molar-refractivity contribution is 0.110. The summed E-state index contributed by atoms with van der Waals surface area (Å²) >= 11 is 0. The molecule has 0 radical (unpaired) electrons. The summed E-state index contributed by atoms with van der Waals surface area (Å²) in [6.45, 7) is 1.93. The quantitative estimate of drug-likeness (QED) is 0.735. The predicted octanol–water partition coefficient (Wildman–Crippen LogP) is 0.710. The Morgan fingerprint density at radius 2 is 2.12 bits per heavy atom. The van der Waals surface area contributed by atoms with Gasteiger partial charge in [0.05, 0.1) is 6.10 Å². The summed E-state index contributed by atoms with van der Waals surface area (Å²) in [5.41, 5.74) is 0. The summed E-state index contributed by atoms with van der Waals surface area (Å²) < 4.78 is 28.6. The molecular weight excluding hydrogens is 254 g/mol. The minimum Gasteiger partial charge on any atom is -0.382 e. The number of aryl methyl sites for hydroxylation is 1. The zero-order valence-corrected chi connectivity index (χ0v) is 10.9. The fourth-order valence-corrected chi connectivity index (χ4v) is 2.20. The van der Waals surface area contributed by atoms with Crippen molar-refractivity contribution in [2.75, 3.05) is 7.11 Å². The maximum atomic E-state index is 11.1. The number of nitrogens with zero attached hydrogens (tertiary/aromatic N) is 3. The van der Waals surface area contributed by atoms with Gasteiger partial charge in [-0.25, -0.2) is 8.42 Å². The Kier molecular flexibility index (Phi) is 4.28. The zero-order valence-electron chi connectivity index (χ0n) is 9.34. The van der Waals surface area contributed by atoms with Gasteiger partial charge in [-0.15, -0.1) is 10.2 Å². The average molecular weight is 268 g/mol. The Morgan fingerprint density at radius 1 is 1.50 bits per heavy atom. The first-order chi connectivity index (χ1) is 7.36. The highest BCUT2D eigenvalue weighted by Crippen LogP contribution is 2.13. The minimum atomic E-state index is -3.83. The molecule has 16 heavy (non-hydrogen) atoms. The summed E-state index contributed by atoms with van der Waals surface area (Å²) in [6, 6.07) is 0. The summed E-state index contributed by atoms with van der Waals surface area (Å²) in [4.78, 5) is 0. The second kappa shape index (κ2) is 5.11. The first-order valence-corrected chi connectivity index (χ1v) is 7.03. The molecule has 1 atom stereocenters. The van der Waals surface area contributed by atoms with Crippen LogP contribution in [0.3, 0.4) is 0 Å². The van der Waals surface area contributed by atoms with Gasteiger partial charge >= 0.3 is 0 Å². The largest absolute Gasteiger partial charge is 0.382 e. The second-order valence-corrected chi connectivity index (χ2v) is 5.94. The van der Waals surface area contributed by atoms with Gasteiger partial charge in [0.2, 0.25) is 0 Å². The molecule has 1 rings (SSSR count). The third-order valence-corrected chi connectivity index (χ3v) is 3.53. The van der Waals surface area contributed by atoms with Crippen LogP contribution in [0.4, 0.5) is 0 Å². The van der Waals surface area contributed by atoms with Crippen LogP contribution in [0.2, 0.25) is 0 Å². The summed E-state index contributed by atoms with van der Waals surface area (Å²) in [5, 5.41) is 7.10. The molecule has 1 aromatic heterocycles. The molecule has 0 saturated heterocycles. The lowest BCUT2D eigenvalue weighted by Crippen LogP contribution is -2.10. The molecule has 8 heteroatoms. The van der Waals surface area contributed by atoms with Crippen LogP contribution in [-0.4, -0.2) is 36.4 Å². The normalized spacial score (nSPS) is 14.0. The molecule has 1 heterocycles. The van der Waals surface area contributed by atoms with Crippen molar-refractivity contribution < 1.29 is 13.2 Å². The maximum absolute atomic E-state index is 11.1. The highest BCUT2D eigenvalue weighted by Gasteiger charge is 2.20. The van der Waals surface area contributed by atoms with Gasteiger partial charge in [0.15, 0.2) is 0 Å². The molecule has 0 N–H and O–H groups in total. The highest BCUT2D eigenvalue weighted by molar-refractivity contribution is 8.13. The standard InChI is InChI=1S/C8H14ClN3O3S/c1-6(15-3)4-5-7-10-11-8(12(7)2)16(9,13)14/h6H,4-5H2,1-3H3. The van der Waals surface area contributed by atoms with Gasteiger partial charge in [0, 0.05) is 31.3 Å². The SMILES string of the molecule is COC(C)CCc1nnc(S(=O)(=O)Cl)n1C. The molecule has 1 unspecified atom stereocenters. The minimum absolute atomic E-state index is 0.0905. The highest BCUT2D eigenvalue weighted by atomic mass is 35.7. The van der Waals surface area contributed by atoms with E-state index in [0.29, 0.717) is 12.2 Å². The third kappa shape index (κ3) is 3.16. The van der Waals surface area contributed by atoms with Crippen LogP contribution < -0.4 is 0 Å². The topological polar surface area (TPSA) is 74.1 Å². The van der Waals surface area contributed by atoms with E-state index in [1.807, 2.05) is 6.92 Å². The molecule has 6 nitrogen and oxygen atoms in total. The Morgan fingerprint density at radius 3 is 2.56 bits per heavy atom. The van der Waals surface area contributed by atoms with E-state index in [4.69, 9.17) is 15.4 Å². The Bertz CT molecular complexity index is 457. The molecule has 0 fully saturated rings. The monoisotopic (exact) mass is 267 g/mol. The second-order valence-electron chi connectivity index (χ2n) is 3.48. The molecule has 0 aromatic carbocycles. The van der Waals surface area contributed by atoms with Gasteiger partial charge in [0.1, 0.15) is 5.82 Å².